The van der Waals surface area contributed by atoms with Crippen molar-refractivity contribution in [3.05, 3.63) is 0 Å². The molecule has 0 radical (unpaired) electrons. The molecule has 0 aliphatic carbocycles. The molecular formula is C17H31NO5. The minimum absolute atomic E-state index is 0.0640. The van der Waals surface area contributed by atoms with E-state index in [1.54, 1.807) is 0 Å². The van der Waals surface area contributed by atoms with Crippen molar-refractivity contribution >= 4 is 5.91 Å². The second-order valence-corrected chi connectivity index (χ2v) is 6.48. The van der Waals surface area contributed by atoms with Gasteiger partial charge in [0, 0.05) is 19.7 Å². The zero-order valence-corrected chi connectivity index (χ0v) is 14.6. The third-order valence-electron chi connectivity index (χ3n) is 4.19. The van der Waals surface area contributed by atoms with Crippen molar-refractivity contribution in [1.82, 2.24) is 4.90 Å². The Labute approximate surface area is 139 Å². The van der Waals surface area contributed by atoms with Crippen molar-refractivity contribution in [2.24, 2.45) is 0 Å². The second kappa shape index (κ2) is 9.57. The molecule has 2 atom stereocenters. The molecule has 2 rings (SSSR count). The average Bonchev–Trinajstić information content (AvgIpc) is 3.25. The Bertz CT molecular complexity index is 347. The SMILES string of the molecule is CCCN(CCC)C(=O)COCC1(COC[C@@H]2CO2)CCCO1. The van der Waals surface area contributed by atoms with E-state index in [1.807, 2.05) is 4.90 Å². The Morgan fingerprint density at radius 1 is 1.22 bits per heavy atom. The molecule has 6 nitrogen and oxygen atoms in total. The van der Waals surface area contributed by atoms with Crippen LogP contribution in [-0.4, -0.2) is 75.2 Å². The maximum absolute atomic E-state index is 12.2. The third-order valence-corrected chi connectivity index (χ3v) is 4.19. The highest BCUT2D eigenvalue weighted by Gasteiger charge is 2.37. The highest BCUT2D eigenvalue weighted by molar-refractivity contribution is 5.77. The van der Waals surface area contributed by atoms with Crippen LogP contribution in [0.4, 0.5) is 0 Å². The van der Waals surface area contributed by atoms with Crippen molar-refractivity contribution in [1.29, 1.82) is 0 Å². The fourth-order valence-electron chi connectivity index (χ4n) is 2.88. The minimum Gasteiger partial charge on any atom is -0.376 e. The summed E-state index contributed by atoms with van der Waals surface area (Å²) in [5, 5.41) is 0. The molecule has 2 fully saturated rings. The van der Waals surface area contributed by atoms with Gasteiger partial charge in [-0.15, -0.1) is 0 Å². The molecule has 2 aliphatic rings. The zero-order valence-electron chi connectivity index (χ0n) is 14.6. The largest absolute Gasteiger partial charge is 0.376 e. The van der Waals surface area contributed by atoms with E-state index >= 15 is 0 Å². The van der Waals surface area contributed by atoms with Crippen LogP contribution in [0.1, 0.15) is 39.5 Å². The molecule has 0 N–H and O–H groups in total. The van der Waals surface area contributed by atoms with Crippen molar-refractivity contribution < 1.29 is 23.7 Å². The molecule has 0 bridgehead atoms. The summed E-state index contributed by atoms with van der Waals surface area (Å²) in [6.45, 7) is 8.94. The van der Waals surface area contributed by atoms with Crippen LogP contribution in [0.15, 0.2) is 0 Å². The standard InChI is InChI=1S/C17H31NO5/c1-3-7-18(8-4-2)16(19)12-21-14-17(6-5-9-23-17)13-20-10-15-11-22-15/h15H,3-14H2,1-2H3/t15-,17?/m1/s1. The monoisotopic (exact) mass is 329 g/mol. The summed E-state index contributed by atoms with van der Waals surface area (Å²) >= 11 is 0. The third kappa shape index (κ3) is 6.37. The Hall–Kier alpha value is -0.690. The van der Waals surface area contributed by atoms with Gasteiger partial charge in [0.25, 0.3) is 0 Å². The van der Waals surface area contributed by atoms with E-state index in [0.29, 0.717) is 19.8 Å². The summed E-state index contributed by atoms with van der Waals surface area (Å²) in [4.78, 5) is 14.1. The molecule has 6 heteroatoms. The van der Waals surface area contributed by atoms with Gasteiger partial charge in [0.15, 0.2) is 0 Å². The van der Waals surface area contributed by atoms with Gasteiger partial charge < -0.3 is 23.8 Å². The van der Waals surface area contributed by atoms with Crippen molar-refractivity contribution in [2.45, 2.75) is 51.2 Å². The van der Waals surface area contributed by atoms with E-state index < -0.39 is 5.60 Å². The van der Waals surface area contributed by atoms with Crippen molar-refractivity contribution in [3.63, 3.8) is 0 Å². The van der Waals surface area contributed by atoms with Crippen LogP contribution < -0.4 is 0 Å². The quantitative estimate of drug-likeness (QED) is 0.509. The molecule has 0 aromatic rings. The van der Waals surface area contributed by atoms with Crippen LogP contribution in [0.3, 0.4) is 0 Å². The van der Waals surface area contributed by atoms with E-state index in [4.69, 9.17) is 18.9 Å². The Balaban J connectivity index is 1.70. The fraction of sp³-hybridized carbons (Fsp3) is 0.941. The summed E-state index contributed by atoms with van der Waals surface area (Å²) < 4.78 is 22.4. The summed E-state index contributed by atoms with van der Waals surface area (Å²) in [5.74, 6) is 0.0640. The van der Waals surface area contributed by atoms with Gasteiger partial charge in [-0.3, -0.25) is 4.79 Å². The number of nitrogens with zero attached hydrogens (tertiary/aromatic N) is 1. The molecule has 23 heavy (non-hydrogen) atoms. The van der Waals surface area contributed by atoms with Gasteiger partial charge in [-0.05, 0) is 25.7 Å². The lowest BCUT2D eigenvalue weighted by molar-refractivity contribution is -0.143. The first-order valence-corrected chi connectivity index (χ1v) is 8.88. The predicted octanol–water partition coefficient (Wildman–Crippen LogP) is 1.62. The van der Waals surface area contributed by atoms with Gasteiger partial charge in [-0.2, -0.15) is 0 Å². The van der Waals surface area contributed by atoms with Crippen LogP contribution in [-0.2, 0) is 23.7 Å². The van der Waals surface area contributed by atoms with Crippen LogP contribution in [0.5, 0.6) is 0 Å². The second-order valence-electron chi connectivity index (χ2n) is 6.48. The van der Waals surface area contributed by atoms with Crippen LogP contribution in [0.25, 0.3) is 0 Å². The van der Waals surface area contributed by atoms with E-state index in [9.17, 15) is 4.79 Å². The highest BCUT2D eigenvalue weighted by Crippen LogP contribution is 2.27. The van der Waals surface area contributed by atoms with Crippen LogP contribution in [0.2, 0.25) is 0 Å². The van der Waals surface area contributed by atoms with E-state index in [2.05, 4.69) is 13.8 Å². The molecule has 0 spiro atoms. The maximum Gasteiger partial charge on any atom is 0.248 e. The first kappa shape index (κ1) is 18.6. The van der Waals surface area contributed by atoms with E-state index in [-0.39, 0.29) is 18.6 Å². The minimum atomic E-state index is -0.393. The van der Waals surface area contributed by atoms with Gasteiger partial charge >= 0.3 is 0 Å². The van der Waals surface area contributed by atoms with Gasteiger partial charge in [0.05, 0.1) is 26.4 Å². The molecule has 1 unspecified atom stereocenters. The molecule has 0 aromatic carbocycles. The first-order valence-electron chi connectivity index (χ1n) is 8.88. The normalized spacial score (nSPS) is 26.4. The highest BCUT2D eigenvalue weighted by atomic mass is 16.6. The topological polar surface area (TPSA) is 60.5 Å². The first-order chi connectivity index (χ1) is 11.2. The number of carbonyl (C=O) groups is 1. The number of epoxide rings is 1. The van der Waals surface area contributed by atoms with Gasteiger partial charge in [0.2, 0.25) is 5.91 Å². The lowest BCUT2D eigenvalue weighted by atomic mass is 10.0. The Kier molecular flexibility index (Phi) is 7.76. The molecule has 1 amide bonds. The van der Waals surface area contributed by atoms with E-state index in [1.165, 1.54) is 0 Å². The predicted molar refractivity (Wildman–Crippen MR) is 86.5 cm³/mol. The Morgan fingerprint density at radius 3 is 2.48 bits per heavy atom. The molecular weight excluding hydrogens is 298 g/mol. The summed E-state index contributed by atoms with van der Waals surface area (Å²) in [6.07, 6.45) is 4.12. The van der Waals surface area contributed by atoms with Crippen molar-refractivity contribution in [3.8, 4) is 0 Å². The molecule has 134 valence electrons. The summed E-state index contributed by atoms with van der Waals surface area (Å²) in [6, 6.07) is 0. The lowest BCUT2D eigenvalue weighted by Gasteiger charge is -2.28. The Morgan fingerprint density at radius 2 is 1.91 bits per heavy atom. The lowest BCUT2D eigenvalue weighted by Crippen LogP contribution is -2.41. The number of hydrogen-bond donors (Lipinski definition) is 0. The number of amides is 1. The van der Waals surface area contributed by atoms with Crippen molar-refractivity contribution in [2.75, 3.05) is 52.7 Å². The summed E-state index contributed by atoms with van der Waals surface area (Å²) in [5.41, 5.74) is -0.393. The number of rotatable bonds is 12. The van der Waals surface area contributed by atoms with Gasteiger partial charge in [-0.25, -0.2) is 0 Å². The smallest absolute Gasteiger partial charge is 0.248 e. The van der Waals surface area contributed by atoms with Gasteiger partial charge in [0.1, 0.15) is 18.3 Å². The van der Waals surface area contributed by atoms with E-state index in [0.717, 1.165) is 52.0 Å². The average molecular weight is 329 g/mol. The fourth-order valence-corrected chi connectivity index (χ4v) is 2.88. The zero-order chi connectivity index (χ0) is 16.5. The number of hydrogen-bond acceptors (Lipinski definition) is 5. The van der Waals surface area contributed by atoms with Crippen LogP contribution in [0, 0.1) is 0 Å². The summed E-state index contributed by atoms with van der Waals surface area (Å²) in [7, 11) is 0. The number of carbonyl (C=O) groups excluding carboxylic acids is 1. The molecule has 2 saturated heterocycles. The maximum atomic E-state index is 12.2. The number of ether oxygens (including phenoxy) is 4. The molecule has 0 saturated carbocycles. The molecule has 2 aliphatic heterocycles. The molecule has 0 aromatic heterocycles. The van der Waals surface area contributed by atoms with Gasteiger partial charge in [-0.1, -0.05) is 13.8 Å². The van der Waals surface area contributed by atoms with Crippen LogP contribution >= 0.6 is 0 Å². The molecule has 2 heterocycles.